The van der Waals surface area contributed by atoms with E-state index in [0.717, 1.165) is 24.2 Å². The number of ether oxygens (including phenoxy) is 1. The fourth-order valence-electron chi connectivity index (χ4n) is 3.24. The number of amides is 1. The van der Waals surface area contributed by atoms with Crippen LogP contribution in [0.4, 0.5) is 5.69 Å². The first kappa shape index (κ1) is 19.2. The lowest BCUT2D eigenvalue weighted by Gasteiger charge is -2.37. The molecule has 1 amide bonds. The van der Waals surface area contributed by atoms with E-state index in [2.05, 4.69) is 11.8 Å². The van der Waals surface area contributed by atoms with Crippen LogP contribution in [0.2, 0.25) is 0 Å². The van der Waals surface area contributed by atoms with Crippen LogP contribution < -0.4 is 9.64 Å². The Morgan fingerprint density at radius 3 is 2.67 bits per heavy atom. The van der Waals surface area contributed by atoms with Crippen molar-refractivity contribution in [3.05, 3.63) is 54.1 Å². The van der Waals surface area contributed by atoms with Crippen molar-refractivity contribution < 1.29 is 17.9 Å². The Balaban J connectivity index is 1.74. The van der Waals surface area contributed by atoms with Gasteiger partial charge in [0, 0.05) is 25.4 Å². The van der Waals surface area contributed by atoms with Crippen molar-refractivity contribution >= 4 is 21.4 Å². The number of fused-ring (bicyclic) bond motifs is 1. The van der Waals surface area contributed by atoms with Gasteiger partial charge in [-0.05, 0) is 37.3 Å². The molecule has 0 unspecified atom stereocenters. The Morgan fingerprint density at radius 2 is 1.96 bits per heavy atom. The summed E-state index contributed by atoms with van der Waals surface area (Å²) in [6, 6.07) is 14.0. The van der Waals surface area contributed by atoms with Crippen molar-refractivity contribution in [1.82, 2.24) is 4.90 Å². The molecule has 2 aromatic carbocycles. The Bertz CT molecular complexity index is 943. The number of carbonyl (C=O) groups excluding carboxylic acids is 1. The summed E-state index contributed by atoms with van der Waals surface area (Å²) in [6.45, 7) is 4.04. The zero-order valence-electron chi connectivity index (χ0n) is 15.8. The van der Waals surface area contributed by atoms with Gasteiger partial charge in [-0.2, -0.15) is 0 Å². The number of hydrogen-bond acceptors (Lipinski definition) is 5. The van der Waals surface area contributed by atoms with Crippen LogP contribution in [0.3, 0.4) is 0 Å². The third kappa shape index (κ3) is 4.24. The van der Waals surface area contributed by atoms with Crippen LogP contribution in [0, 0.1) is 0 Å². The van der Waals surface area contributed by atoms with Crippen LogP contribution in [0.25, 0.3) is 0 Å². The summed E-state index contributed by atoms with van der Waals surface area (Å²) >= 11 is 0. The number of likely N-dealkylation sites (N-methyl/N-ethyl adjacent to an activating group) is 2. The average molecular weight is 388 g/mol. The van der Waals surface area contributed by atoms with Gasteiger partial charge in [0.1, 0.15) is 11.9 Å². The third-order valence-corrected chi connectivity index (χ3v) is 5.75. The first-order chi connectivity index (χ1) is 12.8. The van der Waals surface area contributed by atoms with Crippen molar-refractivity contribution in [3.8, 4) is 5.75 Å². The van der Waals surface area contributed by atoms with Gasteiger partial charge < -0.3 is 14.5 Å². The molecule has 0 aliphatic carbocycles. The smallest absolute Gasteiger partial charge is 0.253 e. The highest BCUT2D eigenvalue weighted by Crippen LogP contribution is 2.32. The van der Waals surface area contributed by atoms with E-state index < -0.39 is 9.84 Å². The van der Waals surface area contributed by atoms with E-state index in [0.29, 0.717) is 18.7 Å². The monoisotopic (exact) mass is 388 g/mol. The highest BCUT2D eigenvalue weighted by molar-refractivity contribution is 7.90. The van der Waals surface area contributed by atoms with E-state index in [4.69, 9.17) is 4.74 Å². The summed E-state index contributed by atoms with van der Waals surface area (Å²) < 4.78 is 29.5. The number of nitrogens with zero attached hydrogens (tertiary/aromatic N) is 2. The van der Waals surface area contributed by atoms with Gasteiger partial charge >= 0.3 is 0 Å². The fraction of sp³-hybridized carbons (Fsp3) is 0.350. The molecule has 1 heterocycles. The average Bonchev–Trinajstić information content (AvgIpc) is 2.66. The first-order valence-corrected chi connectivity index (χ1v) is 10.7. The molecule has 0 radical (unpaired) electrons. The standard InChI is InChI=1S/C20H24N2O4S/c1-4-22-14-16(26-19-11-6-5-10-18(19)22)13-21(2)20(23)15-8-7-9-17(12-15)27(3,24)25/h5-12,16H,4,13-14H2,1-3H3/t16-/m1/s1. The van der Waals surface area contributed by atoms with Gasteiger partial charge in [-0.3, -0.25) is 4.79 Å². The first-order valence-electron chi connectivity index (χ1n) is 8.86. The maximum absolute atomic E-state index is 12.8. The van der Waals surface area contributed by atoms with Gasteiger partial charge in [-0.25, -0.2) is 8.42 Å². The highest BCUT2D eigenvalue weighted by atomic mass is 32.2. The molecule has 0 spiro atoms. The van der Waals surface area contributed by atoms with Gasteiger partial charge in [-0.1, -0.05) is 18.2 Å². The molecule has 27 heavy (non-hydrogen) atoms. The van der Waals surface area contributed by atoms with Gasteiger partial charge in [0.15, 0.2) is 9.84 Å². The molecule has 0 saturated heterocycles. The molecule has 0 saturated carbocycles. The van der Waals surface area contributed by atoms with E-state index >= 15 is 0 Å². The minimum absolute atomic E-state index is 0.141. The third-order valence-electron chi connectivity index (χ3n) is 4.64. The molecule has 1 aliphatic rings. The van der Waals surface area contributed by atoms with Crippen LogP contribution in [0.5, 0.6) is 5.75 Å². The highest BCUT2D eigenvalue weighted by Gasteiger charge is 2.27. The molecule has 0 aromatic heterocycles. The normalized spacial score (nSPS) is 16.4. The minimum Gasteiger partial charge on any atom is -0.485 e. The molecule has 1 atom stereocenters. The van der Waals surface area contributed by atoms with Crippen molar-refractivity contribution in [2.75, 3.05) is 37.8 Å². The lowest BCUT2D eigenvalue weighted by atomic mass is 10.1. The van der Waals surface area contributed by atoms with Gasteiger partial charge in [0.05, 0.1) is 23.7 Å². The van der Waals surface area contributed by atoms with Crippen molar-refractivity contribution in [2.45, 2.75) is 17.9 Å². The summed E-state index contributed by atoms with van der Waals surface area (Å²) in [5, 5.41) is 0. The number of rotatable bonds is 5. The van der Waals surface area contributed by atoms with Crippen molar-refractivity contribution in [1.29, 1.82) is 0 Å². The molecule has 0 bridgehead atoms. The van der Waals surface area contributed by atoms with Crippen LogP contribution in [-0.4, -0.2) is 58.3 Å². The SMILES string of the molecule is CCN1C[C@@H](CN(C)C(=O)c2cccc(S(C)(=O)=O)c2)Oc2ccccc21. The molecule has 7 heteroatoms. The summed E-state index contributed by atoms with van der Waals surface area (Å²) in [6.07, 6.45) is 0.972. The van der Waals surface area contributed by atoms with E-state index in [1.54, 1.807) is 24.1 Å². The Morgan fingerprint density at radius 1 is 1.22 bits per heavy atom. The molecule has 2 aromatic rings. The van der Waals surface area contributed by atoms with E-state index in [1.807, 2.05) is 24.3 Å². The molecule has 0 N–H and O–H groups in total. The molecule has 0 fully saturated rings. The number of carbonyl (C=O) groups is 1. The second kappa shape index (κ2) is 7.60. The van der Waals surface area contributed by atoms with Gasteiger partial charge in [-0.15, -0.1) is 0 Å². The lowest BCUT2D eigenvalue weighted by Crippen LogP contribution is -2.46. The van der Waals surface area contributed by atoms with Gasteiger partial charge in [0.25, 0.3) is 5.91 Å². The van der Waals surface area contributed by atoms with Crippen molar-refractivity contribution in [3.63, 3.8) is 0 Å². The zero-order valence-corrected chi connectivity index (χ0v) is 16.6. The quantitative estimate of drug-likeness (QED) is 0.787. The predicted octanol–water partition coefficient (Wildman–Crippen LogP) is 2.45. The predicted molar refractivity (Wildman–Crippen MR) is 105 cm³/mol. The molecule has 144 valence electrons. The summed E-state index contributed by atoms with van der Waals surface area (Å²) in [7, 11) is -1.65. The summed E-state index contributed by atoms with van der Waals surface area (Å²) in [5.41, 5.74) is 1.41. The molecule has 3 rings (SSSR count). The number of sulfone groups is 1. The Labute approximate surface area is 160 Å². The lowest BCUT2D eigenvalue weighted by molar-refractivity contribution is 0.0709. The summed E-state index contributed by atoms with van der Waals surface area (Å²) in [5.74, 6) is 0.585. The Kier molecular flexibility index (Phi) is 5.41. The van der Waals surface area contributed by atoms with E-state index in [-0.39, 0.29) is 16.9 Å². The van der Waals surface area contributed by atoms with Crippen LogP contribution in [0.1, 0.15) is 17.3 Å². The number of hydrogen-bond donors (Lipinski definition) is 0. The zero-order chi connectivity index (χ0) is 19.6. The van der Waals surface area contributed by atoms with Crippen LogP contribution >= 0.6 is 0 Å². The van der Waals surface area contributed by atoms with Crippen LogP contribution in [0.15, 0.2) is 53.4 Å². The number of benzene rings is 2. The largest absolute Gasteiger partial charge is 0.485 e. The molecular weight excluding hydrogens is 364 g/mol. The molecule has 1 aliphatic heterocycles. The molecular formula is C20H24N2O4S. The van der Waals surface area contributed by atoms with E-state index in [1.165, 1.54) is 12.1 Å². The second-order valence-electron chi connectivity index (χ2n) is 6.73. The summed E-state index contributed by atoms with van der Waals surface area (Å²) in [4.78, 5) is 16.7. The van der Waals surface area contributed by atoms with Crippen molar-refractivity contribution in [2.24, 2.45) is 0 Å². The minimum atomic E-state index is -3.36. The number of anilines is 1. The van der Waals surface area contributed by atoms with Gasteiger partial charge in [0.2, 0.25) is 0 Å². The maximum atomic E-state index is 12.8. The fourth-order valence-corrected chi connectivity index (χ4v) is 3.91. The number of para-hydroxylation sites is 2. The maximum Gasteiger partial charge on any atom is 0.253 e. The second-order valence-corrected chi connectivity index (χ2v) is 8.75. The Hall–Kier alpha value is -2.54. The van der Waals surface area contributed by atoms with Crippen LogP contribution in [-0.2, 0) is 9.84 Å². The molecule has 6 nitrogen and oxygen atoms in total. The topological polar surface area (TPSA) is 66.9 Å². The van der Waals surface area contributed by atoms with E-state index in [9.17, 15) is 13.2 Å².